The lowest BCUT2D eigenvalue weighted by Crippen LogP contribution is -2.03. The average molecular weight is 521 g/mol. The van der Waals surface area contributed by atoms with Crippen LogP contribution in [0.3, 0.4) is 0 Å². The Bertz CT molecular complexity index is 736. The van der Waals surface area contributed by atoms with Crippen molar-refractivity contribution in [1.82, 2.24) is 9.97 Å². The highest BCUT2D eigenvalue weighted by molar-refractivity contribution is 5.56. The Balaban J connectivity index is 2.18. The number of pyridine rings is 2. The first-order valence-corrected chi connectivity index (χ1v) is 16.7. The van der Waals surface area contributed by atoms with E-state index in [1.54, 1.807) is 0 Å². The Hall–Kier alpha value is -1.70. The predicted octanol–water partition coefficient (Wildman–Crippen LogP) is 12.2. The zero-order valence-corrected chi connectivity index (χ0v) is 25.7. The fourth-order valence-electron chi connectivity index (χ4n) is 5.91. The van der Waals surface area contributed by atoms with Crippen molar-refractivity contribution in [3.05, 3.63) is 47.8 Å². The summed E-state index contributed by atoms with van der Waals surface area (Å²) in [6.45, 7) is 9.22. The first kappa shape index (κ1) is 32.5. The SMILES string of the molecule is CCCCCCC(CCCCCC)c1ccnc(-c2cc(C(CCCCCC)CCCCCC)ccn2)c1. The molecule has 2 rings (SSSR count). The molecule has 214 valence electrons. The van der Waals surface area contributed by atoms with E-state index in [4.69, 9.17) is 9.97 Å². The maximum absolute atomic E-state index is 4.82. The van der Waals surface area contributed by atoms with Crippen LogP contribution in [0.2, 0.25) is 0 Å². The lowest BCUT2D eigenvalue weighted by molar-refractivity contribution is 0.496. The molecule has 0 bridgehead atoms. The van der Waals surface area contributed by atoms with E-state index in [0.29, 0.717) is 11.8 Å². The zero-order chi connectivity index (χ0) is 27.3. The van der Waals surface area contributed by atoms with Gasteiger partial charge in [-0.2, -0.15) is 0 Å². The van der Waals surface area contributed by atoms with E-state index in [-0.39, 0.29) is 0 Å². The molecule has 38 heavy (non-hydrogen) atoms. The Labute approximate surface area is 236 Å². The lowest BCUT2D eigenvalue weighted by atomic mass is 9.87. The molecule has 0 aromatic carbocycles. The van der Waals surface area contributed by atoms with Crippen LogP contribution in [0.25, 0.3) is 11.4 Å². The van der Waals surface area contributed by atoms with Gasteiger partial charge < -0.3 is 0 Å². The van der Waals surface area contributed by atoms with Gasteiger partial charge in [0.25, 0.3) is 0 Å². The average Bonchev–Trinajstić information content (AvgIpc) is 2.95. The molecule has 2 heteroatoms. The van der Waals surface area contributed by atoms with E-state index in [2.05, 4.69) is 52.0 Å². The second-order valence-corrected chi connectivity index (χ2v) is 11.7. The predicted molar refractivity (Wildman–Crippen MR) is 168 cm³/mol. The summed E-state index contributed by atoms with van der Waals surface area (Å²) in [6, 6.07) is 9.30. The van der Waals surface area contributed by atoms with Crippen LogP contribution >= 0.6 is 0 Å². The summed E-state index contributed by atoms with van der Waals surface area (Å²) in [6.07, 6.45) is 30.8. The topological polar surface area (TPSA) is 25.8 Å². The molecular formula is C36H60N2. The summed E-state index contributed by atoms with van der Waals surface area (Å²) in [5.74, 6) is 1.30. The quantitative estimate of drug-likeness (QED) is 0.136. The van der Waals surface area contributed by atoms with Crippen LogP contribution < -0.4 is 0 Å². The van der Waals surface area contributed by atoms with E-state index in [1.807, 2.05) is 12.4 Å². The van der Waals surface area contributed by atoms with Gasteiger partial charge in [0.2, 0.25) is 0 Å². The molecular weight excluding hydrogens is 460 g/mol. The van der Waals surface area contributed by atoms with Gasteiger partial charge in [-0.15, -0.1) is 0 Å². The van der Waals surface area contributed by atoms with E-state index in [0.717, 1.165) is 11.4 Å². The third kappa shape index (κ3) is 12.9. The molecule has 0 amide bonds. The molecule has 0 unspecified atom stereocenters. The van der Waals surface area contributed by atoms with Crippen LogP contribution in [0.5, 0.6) is 0 Å². The fourth-order valence-corrected chi connectivity index (χ4v) is 5.91. The van der Waals surface area contributed by atoms with Crippen molar-refractivity contribution < 1.29 is 0 Å². The molecule has 0 aliphatic heterocycles. The number of nitrogens with zero attached hydrogens (tertiary/aromatic N) is 2. The van der Waals surface area contributed by atoms with Crippen LogP contribution in [0, 0.1) is 0 Å². The standard InChI is InChI=1S/C36H60N2/c1-5-9-13-17-21-31(22-18-14-10-6-2)33-25-27-37-35(29-33)36-30-34(26-28-38-36)32(23-19-15-11-7-3)24-20-16-12-8-4/h25-32H,5-24H2,1-4H3. The maximum Gasteiger partial charge on any atom is 0.0889 e. The summed E-state index contributed by atoms with van der Waals surface area (Å²) >= 11 is 0. The number of aromatic nitrogens is 2. The molecule has 0 fully saturated rings. The molecule has 0 aliphatic rings. The summed E-state index contributed by atoms with van der Waals surface area (Å²) < 4.78 is 0. The van der Waals surface area contributed by atoms with Crippen molar-refractivity contribution >= 4 is 0 Å². The van der Waals surface area contributed by atoms with Crippen LogP contribution in [-0.2, 0) is 0 Å². The first-order chi connectivity index (χ1) is 18.7. The maximum atomic E-state index is 4.82. The number of hydrogen-bond donors (Lipinski definition) is 0. The zero-order valence-electron chi connectivity index (χ0n) is 25.7. The number of hydrogen-bond acceptors (Lipinski definition) is 2. The van der Waals surface area contributed by atoms with Crippen molar-refractivity contribution in [2.45, 2.75) is 168 Å². The minimum Gasteiger partial charge on any atom is -0.255 e. The van der Waals surface area contributed by atoms with Crippen LogP contribution in [0.15, 0.2) is 36.7 Å². The molecule has 0 aliphatic carbocycles. The van der Waals surface area contributed by atoms with Gasteiger partial charge in [-0.25, -0.2) is 0 Å². The van der Waals surface area contributed by atoms with Crippen molar-refractivity contribution in [3.63, 3.8) is 0 Å². The highest BCUT2D eigenvalue weighted by Crippen LogP contribution is 2.33. The van der Waals surface area contributed by atoms with Crippen LogP contribution in [0.1, 0.15) is 179 Å². The second-order valence-electron chi connectivity index (χ2n) is 11.7. The Morgan fingerprint density at radius 2 is 0.763 bits per heavy atom. The van der Waals surface area contributed by atoms with Gasteiger partial charge in [0.1, 0.15) is 0 Å². The largest absolute Gasteiger partial charge is 0.255 e. The summed E-state index contributed by atoms with van der Waals surface area (Å²) in [5, 5.41) is 0. The van der Waals surface area contributed by atoms with Gasteiger partial charge >= 0.3 is 0 Å². The molecule has 0 saturated heterocycles. The minimum atomic E-state index is 0.651. The van der Waals surface area contributed by atoms with Crippen molar-refractivity contribution in [2.75, 3.05) is 0 Å². The summed E-state index contributed by atoms with van der Waals surface area (Å²) in [5.41, 5.74) is 5.08. The Kier molecular flexibility index (Phi) is 18.1. The molecule has 0 saturated carbocycles. The van der Waals surface area contributed by atoms with Crippen LogP contribution in [0.4, 0.5) is 0 Å². The first-order valence-electron chi connectivity index (χ1n) is 16.7. The molecule has 0 N–H and O–H groups in total. The van der Waals surface area contributed by atoms with Gasteiger partial charge in [0, 0.05) is 12.4 Å². The minimum absolute atomic E-state index is 0.651. The van der Waals surface area contributed by atoms with Gasteiger partial charge in [-0.3, -0.25) is 9.97 Å². The molecule has 0 spiro atoms. The third-order valence-corrected chi connectivity index (χ3v) is 8.40. The van der Waals surface area contributed by atoms with Crippen molar-refractivity contribution in [3.8, 4) is 11.4 Å². The van der Waals surface area contributed by atoms with E-state index < -0.39 is 0 Å². The monoisotopic (exact) mass is 520 g/mol. The number of rotatable bonds is 23. The second kappa shape index (κ2) is 21.2. The molecule has 0 atom stereocenters. The van der Waals surface area contributed by atoms with Crippen molar-refractivity contribution in [1.29, 1.82) is 0 Å². The van der Waals surface area contributed by atoms with Gasteiger partial charge in [-0.05, 0) is 72.9 Å². The summed E-state index contributed by atoms with van der Waals surface area (Å²) in [4.78, 5) is 9.64. The smallest absolute Gasteiger partial charge is 0.0889 e. The molecule has 2 aromatic heterocycles. The normalized spacial score (nSPS) is 11.6. The number of unbranched alkanes of at least 4 members (excludes halogenated alkanes) is 12. The fraction of sp³-hybridized carbons (Fsp3) is 0.722. The molecule has 2 heterocycles. The van der Waals surface area contributed by atoms with Crippen molar-refractivity contribution in [2.24, 2.45) is 0 Å². The third-order valence-electron chi connectivity index (χ3n) is 8.40. The highest BCUT2D eigenvalue weighted by Gasteiger charge is 2.16. The molecule has 2 aromatic rings. The Morgan fingerprint density at radius 1 is 0.447 bits per heavy atom. The molecule has 2 nitrogen and oxygen atoms in total. The van der Waals surface area contributed by atoms with Gasteiger partial charge in [-0.1, -0.05) is 130 Å². The van der Waals surface area contributed by atoms with Gasteiger partial charge in [0.15, 0.2) is 0 Å². The van der Waals surface area contributed by atoms with E-state index in [9.17, 15) is 0 Å². The highest BCUT2D eigenvalue weighted by atomic mass is 14.8. The summed E-state index contributed by atoms with van der Waals surface area (Å²) in [7, 11) is 0. The Morgan fingerprint density at radius 3 is 1.05 bits per heavy atom. The molecule has 0 radical (unpaired) electrons. The van der Waals surface area contributed by atoms with Crippen LogP contribution in [-0.4, -0.2) is 9.97 Å². The van der Waals surface area contributed by atoms with E-state index >= 15 is 0 Å². The van der Waals surface area contributed by atoms with Gasteiger partial charge in [0.05, 0.1) is 11.4 Å². The van der Waals surface area contributed by atoms with E-state index in [1.165, 1.54) is 140 Å². The lowest BCUT2D eigenvalue weighted by Gasteiger charge is -2.19.